The number of hydrogen-bond acceptors (Lipinski definition) is 4. The van der Waals surface area contributed by atoms with Gasteiger partial charge in [-0.2, -0.15) is 0 Å². The highest BCUT2D eigenvalue weighted by molar-refractivity contribution is 5.85. The van der Waals surface area contributed by atoms with Crippen molar-refractivity contribution < 1.29 is 14.6 Å². The lowest BCUT2D eigenvalue weighted by molar-refractivity contribution is -0.00918. The summed E-state index contributed by atoms with van der Waals surface area (Å²) in [5, 5.41) is 8.79. The van der Waals surface area contributed by atoms with Gasteiger partial charge in [0.1, 0.15) is 5.60 Å². The van der Waals surface area contributed by atoms with E-state index in [1.54, 1.807) is 7.11 Å². The Bertz CT molecular complexity index is 361. The maximum atomic E-state index is 10.7. The van der Waals surface area contributed by atoms with Gasteiger partial charge in [0.2, 0.25) is 0 Å². The lowest BCUT2D eigenvalue weighted by Crippen LogP contribution is -2.27. The van der Waals surface area contributed by atoms with E-state index in [1.165, 1.54) is 12.3 Å². The Labute approximate surface area is 88.1 Å². The smallest absolute Gasteiger partial charge is 0.354 e. The fourth-order valence-corrected chi connectivity index (χ4v) is 1.13. The van der Waals surface area contributed by atoms with Gasteiger partial charge in [-0.05, 0) is 19.4 Å². The molecule has 0 saturated heterocycles. The summed E-state index contributed by atoms with van der Waals surface area (Å²) in [6.45, 7) is 3.76. The first-order valence-corrected chi connectivity index (χ1v) is 4.65. The summed E-state index contributed by atoms with van der Waals surface area (Å²) in [7, 11) is 1.56. The van der Waals surface area contributed by atoms with Crippen LogP contribution < -0.4 is 0 Å². The highest BCUT2D eigenvalue weighted by Gasteiger charge is 2.27. The zero-order valence-electron chi connectivity index (χ0n) is 9.02. The monoisotopic (exact) mass is 210 g/mol. The van der Waals surface area contributed by atoms with E-state index in [2.05, 4.69) is 9.97 Å². The lowest BCUT2D eigenvalue weighted by atomic mass is 10.0. The topological polar surface area (TPSA) is 72.3 Å². The fraction of sp³-hybridized carbons (Fsp3) is 0.500. The van der Waals surface area contributed by atoms with Gasteiger partial charge in [0.05, 0.1) is 0 Å². The Balaban J connectivity index is 3.14. The van der Waals surface area contributed by atoms with E-state index in [0.29, 0.717) is 12.2 Å². The molecule has 0 spiro atoms. The minimum Gasteiger partial charge on any atom is -0.477 e. The highest BCUT2D eigenvalue weighted by atomic mass is 16.5. The first-order chi connectivity index (χ1) is 7.03. The first-order valence-electron chi connectivity index (χ1n) is 4.65. The van der Waals surface area contributed by atoms with Crippen molar-refractivity contribution in [3.05, 3.63) is 23.8 Å². The van der Waals surface area contributed by atoms with Crippen LogP contribution in [0.15, 0.2) is 12.3 Å². The van der Waals surface area contributed by atoms with Crippen molar-refractivity contribution in [3.63, 3.8) is 0 Å². The van der Waals surface area contributed by atoms with E-state index in [4.69, 9.17) is 9.84 Å². The molecule has 1 unspecified atom stereocenters. The summed E-state index contributed by atoms with van der Waals surface area (Å²) in [6, 6.07) is 1.36. The molecule has 0 bridgehead atoms. The number of ether oxygens (including phenoxy) is 1. The number of methoxy groups -OCH3 is 1. The average molecular weight is 210 g/mol. The molecule has 82 valence electrons. The third-order valence-corrected chi connectivity index (χ3v) is 2.47. The molecule has 0 amide bonds. The number of rotatable bonds is 4. The third-order valence-electron chi connectivity index (χ3n) is 2.47. The van der Waals surface area contributed by atoms with E-state index < -0.39 is 11.6 Å². The van der Waals surface area contributed by atoms with Gasteiger partial charge >= 0.3 is 5.97 Å². The van der Waals surface area contributed by atoms with Crippen molar-refractivity contribution in [2.75, 3.05) is 7.11 Å². The molecule has 0 aliphatic rings. The molecule has 1 aromatic heterocycles. The second kappa shape index (κ2) is 4.35. The minimum atomic E-state index is -1.06. The molecule has 1 atom stereocenters. The number of carbonyl (C=O) groups is 1. The fourth-order valence-electron chi connectivity index (χ4n) is 1.13. The third kappa shape index (κ3) is 2.30. The standard InChI is InChI=1S/C10H14N2O3/c1-4-10(2,15-3)9-11-6-5-7(12-9)8(13)14/h5-6H,4H2,1-3H3,(H,13,14). The van der Waals surface area contributed by atoms with Gasteiger partial charge in [-0.1, -0.05) is 6.92 Å². The highest BCUT2D eigenvalue weighted by Crippen LogP contribution is 2.24. The quantitative estimate of drug-likeness (QED) is 0.814. The molecule has 1 rings (SSSR count). The van der Waals surface area contributed by atoms with Crippen LogP contribution in [0.5, 0.6) is 0 Å². The average Bonchev–Trinajstić information content (AvgIpc) is 2.28. The first kappa shape index (κ1) is 11.6. The molecule has 5 heteroatoms. The van der Waals surface area contributed by atoms with E-state index in [1.807, 2.05) is 13.8 Å². The Morgan fingerprint density at radius 3 is 2.80 bits per heavy atom. The zero-order chi connectivity index (χ0) is 11.5. The minimum absolute atomic E-state index is 0.0169. The van der Waals surface area contributed by atoms with Crippen LogP contribution in [0.25, 0.3) is 0 Å². The molecule has 0 aliphatic heterocycles. The second-order valence-corrected chi connectivity index (χ2v) is 3.36. The largest absolute Gasteiger partial charge is 0.477 e. The Kier molecular flexibility index (Phi) is 3.36. The van der Waals surface area contributed by atoms with Gasteiger partial charge in [0.15, 0.2) is 11.5 Å². The molecular weight excluding hydrogens is 196 g/mol. The van der Waals surface area contributed by atoms with E-state index in [9.17, 15) is 4.79 Å². The maximum Gasteiger partial charge on any atom is 0.354 e. The number of carboxylic acids is 1. The van der Waals surface area contributed by atoms with Gasteiger partial charge in [0, 0.05) is 13.3 Å². The van der Waals surface area contributed by atoms with Crippen molar-refractivity contribution in [1.82, 2.24) is 9.97 Å². The number of aromatic carboxylic acids is 1. The molecule has 0 aliphatic carbocycles. The van der Waals surface area contributed by atoms with E-state index in [0.717, 1.165) is 0 Å². The van der Waals surface area contributed by atoms with Gasteiger partial charge in [-0.15, -0.1) is 0 Å². The van der Waals surface area contributed by atoms with Gasteiger partial charge in [-0.3, -0.25) is 0 Å². The van der Waals surface area contributed by atoms with Crippen LogP contribution in [0, 0.1) is 0 Å². The molecule has 0 aromatic carbocycles. The summed E-state index contributed by atoms with van der Waals surface area (Å²) in [5.74, 6) is -0.666. The maximum absolute atomic E-state index is 10.7. The summed E-state index contributed by atoms with van der Waals surface area (Å²) < 4.78 is 5.29. The van der Waals surface area contributed by atoms with Crippen LogP contribution in [0.1, 0.15) is 36.6 Å². The van der Waals surface area contributed by atoms with Gasteiger partial charge < -0.3 is 9.84 Å². The molecule has 15 heavy (non-hydrogen) atoms. The van der Waals surface area contributed by atoms with Crippen molar-refractivity contribution in [1.29, 1.82) is 0 Å². The van der Waals surface area contributed by atoms with Crippen LogP contribution in [-0.4, -0.2) is 28.2 Å². The summed E-state index contributed by atoms with van der Waals surface area (Å²) in [6.07, 6.45) is 2.10. The molecule has 5 nitrogen and oxygen atoms in total. The van der Waals surface area contributed by atoms with Gasteiger partial charge in [-0.25, -0.2) is 14.8 Å². The number of hydrogen-bond donors (Lipinski definition) is 1. The summed E-state index contributed by atoms with van der Waals surface area (Å²) in [4.78, 5) is 18.7. The molecule has 1 aromatic rings. The number of nitrogens with zero attached hydrogens (tertiary/aromatic N) is 2. The van der Waals surface area contributed by atoms with Crippen LogP contribution in [0.3, 0.4) is 0 Å². The second-order valence-electron chi connectivity index (χ2n) is 3.36. The molecular formula is C10H14N2O3. The summed E-state index contributed by atoms with van der Waals surface area (Å²) >= 11 is 0. The van der Waals surface area contributed by atoms with E-state index >= 15 is 0 Å². The molecule has 0 radical (unpaired) electrons. The molecule has 0 fully saturated rings. The molecule has 1 N–H and O–H groups in total. The van der Waals surface area contributed by atoms with Crippen LogP contribution in [0.4, 0.5) is 0 Å². The van der Waals surface area contributed by atoms with Gasteiger partial charge in [0.25, 0.3) is 0 Å². The van der Waals surface area contributed by atoms with Crippen molar-refractivity contribution in [2.24, 2.45) is 0 Å². The Hall–Kier alpha value is -1.49. The Morgan fingerprint density at radius 1 is 1.67 bits per heavy atom. The predicted molar refractivity (Wildman–Crippen MR) is 53.6 cm³/mol. The number of carboxylic acid groups (broad SMARTS) is 1. The van der Waals surface area contributed by atoms with Crippen molar-refractivity contribution in [3.8, 4) is 0 Å². The lowest BCUT2D eigenvalue weighted by Gasteiger charge is -2.24. The normalized spacial score (nSPS) is 14.6. The SMILES string of the molecule is CCC(C)(OC)c1nccc(C(=O)O)n1. The van der Waals surface area contributed by atoms with Crippen LogP contribution in [-0.2, 0) is 10.3 Å². The van der Waals surface area contributed by atoms with Crippen molar-refractivity contribution >= 4 is 5.97 Å². The summed E-state index contributed by atoms with van der Waals surface area (Å²) in [5.41, 5.74) is -0.650. The predicted octanol–water partition coefficient (Wildman–Crippen LogP) is 1.45. The number of aromatic nitrogens is 2. The van der Waals surface area contributed by atoms with Crippen molar-refractivity contribution in [2.45, 2.75) is 25.9 Å². The zero-order valence-corrected chi connectivity index (χ0v) is 9.02. The van der Waals surface area contributed by atoms with Crippen LogP contribution in [0.2, 0.25) is 0 Å². The van der Waals surface area contributed by atoms with Crippen LogP contribution >= 0.6 is 0 Å². The Morgan fingerprint density at radius 2 is 2.33 bits per heavy atom. The molecule has 1 heterocycles. The van der Waals surface area contributed by atoms with E-state index in [-0.39, 0.29) is 5.69 Å². The molecule has 0 saturated carbocycles.